The first kappa shape index (κ1) is 23.8. The predicted octanol–water partition coefficient (Wildman–Crippen LogP) is 2.10. The molecule has 0 spiro atoms. The highest BCUT2D eigenvalue weighted by molar-refractivity contribution is 7.92. The highest BCUT2D eigenvalue weighted by Gasteiger charge is 2.36. The number of rotatable bonds is 5. The number of nitrogens with one attached hydrogen (secondary N) is 1. The van der Waals surface area contributed by atoms with E-state index in [-0.39, 0.29) is 23.6 Å². The Bertz CT molecular complexity index is 1450. The number of piperazine rings is 1. The third-order valence-corrected chi connectivity index (χ3v) is 9.36. The standard InChI is InChI=1S/C28H29N3O5S/c1-20-15-22-5-2-3-8-25(22)31(20)37(33,34)24-7-4-6-23(17-24)28(32)30-13-11-29(12-14-30)18-21-9-10-26-27(16-21)36-19-35-26/h2-10,16-17,20H,11-15,18-19H2,1H3/p+1/t20-/m0/s1. The third-order valence-electron chi connectivity index (χ3n) is 7.43. The van der Waals surface area contributed by atoms with Crippen molar-refractivity contribution in [1.29, 1.82) is 0 Å². The second-order valence-electron chi connectivity index (χ2n) is 9.92. The molecule has 3 aromatic carbocycles. The molecule has 1 atom stereocenters. The maximum absolute atomic E-state index is 13.6. The van der Waals surface area contributed by atoms with Gasteiger partial charge in [0.05, 0.1) is 36.8 Å². The SMILES string of the molecule is C[C@H]1Cc2ccccc2N1S(=O)(=O)c1cccc(C(=O)N2CC[NH+](Cc3ccc4c(c3)OCO4)CC2)c1. The summed E-state index contributed by atoms with van der Waals surface area (Å²) in [5, 5.41) is 0. The minimum atomic E-state index is -3.80. The van der Waals surface area contributed by atoms with Gasteiger partial charge < -0.3 is 19.3 Å². The number of hydrogen-bond donors (Lipinski definition) is 1. The fourth-order valence-electron chi connectivity index (χ4n) is 5.53. The zero-order chi connectivity index (χ0) is 25.6. The van der Waals surface area contributed by atoms with Gasteiger partial charge in [0, 0.05) is 17.2 Å². The summed E-state index contributed by atoms with van der Waals surface area (Å²) in [6, 6.07) is 19.9. The maximum Gasteiger partial charge on any atom is 0.264 e. The molecule has 0 unspecified atom stereocenters. The molecule has 8 nitrogen and oxygen atoms in total. The van der Waals surface area contributed by atoms with Crippen LogP contribution in [0.5, 0.6) is 11.5 Å². The van der Waals surface area contributed by atoms with Crippen LogP contribution in [0.1, 0.15) is 28.4 Å². The highest BCUT2D eigenvalue weighted by atomic mass is 32.2. The van der Waals surface area contributed by atoms with Gasteiger partial charge in [-0.05, 0) is 61.4 Å². The maximum atomic E-state index is 13.6. The molecule has 9 heteroatoms. The lowest BCUT2D eigenvalue weighted by atomic mass is 10.1. The van der Waals surface area contributed by atoms with E-state index in [0.29, 0.717) is 30.8 Å². The number of fused-ring (bicyclic) bond motifs is 2. The summed E-state index contributed by atoms with van der Waals surface area (Å²) in [6.07, 6.45) is 0.674. The summed E-state index contributed by atoms with van der Waals surface area (Å²) < 4.78 is 39.6. The molecule has 0 bridgehead atoms. The molecule has 37 heavy (non-hydrogen) atoms. The van der Waals surface area contributed by atoms with E-state index >= 15 is 0 Å². The third kappa shape index (κ3) is 4.42. The number of nitrogens with zero attached hydrogens (tertiary/aromatic N) is 2. The van der Waals surface area contributed by atoms with Crippen LogP contribution >= 0.6 is 0 Å². The van der Waals surface area contributed by atoms with Crippen molar-refractivity contribution in [3.05, 3.63) is 83.4 Å². The molecule has 0 radical (unpaired) electrons. The van der Waals surface area contributed by atoms with Crippen LogP contribution in [0.25, 0.3) is 0 Å². The van der Waals surface area contributed by atoms with Gasteiger partial charge in [0.1, 0.15) is 6.54 Å². The Kier molecular flexibility index (Phi) is 6.04. The van der Waals surface area contributed by atoms with Crippen LogP contribution in [0.15, 0.2) is 71.6 Å². The predicted molar refractivity (Wildman–Crippen MR) is 139 cm³/mol. The summed E-state index contributed by atoms with van der Waals surface area (Å²) in [5.74, 6) is 1.43. The zero-order valence-corrected chi connectivity index (χ0v) is 21.5. The Morgan fingerprint density at radius 2 is 1.76 bits per heavy atom. The number of para-hydroxylation sites is 1. The molecule has 3 aliphatic heterocycles. The second kappa shape index (κ2) is 9.39. The van der Waals surface area contributed by atoms with Gasteiger partial charge in [0.15, 0.2) is 11.5 Å². The highest BCUT2D eigenvalue weighted by Crippen LogP contribution is 2.36. The minimum absolute atomic E-state index is 0.131. The van der Waals surface area contributed by atoms with Gasteiger partial charge in [0.2, 0.25) is 6.79 Å². The summed E-state index contributed by atoms with van der Waals surface area (Å²) in [6.45, 7) is 5.90. The number of carbonyl (C=O) groups is 1. The lowest BCUT2D eigenvalue weighted by Crippen LogP contribution is -3.13. The molecule has 0 aliphatic carbocycles. The minimum Gasteiger partial charge on any atom is -0.454 e. The van der Waals surface area contributed by atoms with Crippen molar-refractivity contribution in [3.8, 4) is 11.5 Å². The van der Waals surface area contributed by atoms with Crippen LogP contribution < -0.4 is 18.7 Å². The lowest BCUT2D eigenvalue weighted by molar-refractivity contribution is -0.917. The van der Waals surface area contributed by atoms with Crippen LogP contribution in [-0.2, 0) is 23.0 Å². The summed E-state index contributed by atoms with van der Waals surface area (Å²) in [7, 11) is -3.80. The van der Waals surface area contributed by atoms with E-state index in [0.717, 1.165) is 36.7 Å². The molecule has 0 aromatic heterocycles. The van der Waals surface area contributed by atoms with E-state index in [1.165, 1.54) is 20.8 Å². The van der Waals surface area contributed by atoms with Crippen LogP contribution in [0, 0.1) is 0 Å². The van der Waals surface area contributed by atoms with Crippen molar-refractivity contribution in [1.82, 2.24) is 4.90 Å². The first-order chi connectivity index (χ1) is 17.9. The Hall–Kier alpha value is -3.56. The number of carbonyl (C=O) groups excluding carboxylic acids is 1. The van der Waals surface area contributed by atoms with Crippen molar-refractivity contribution in [2.45, 2.75) is 30.8 Å². The molecule has 192 valence electrons. The monoisotopic (exact) mass is 520 g/mol. The number of anilines is 1. The van der Waals surface area contributed by atoms with Crippen molar-refractivity contribution in [2.75, 3.05) is 37.3 Å². The van der Waals surface area contributed by atoms with Crippen LogP contribution in [0.2, 0.25) is 0 Å². The average Bonchev–Trinajstić information content (AvgIpc) is 3.52. The summed E-state index contributed by atoms with van der Waals surface area (Å²) in [5.41, 5.74) is 3.32. The van der Waals surface area contributed by atoms with Gasteiger partial charge in [-0.3, -0.25) is 9.10 Å². The van der Waals surface area contributed by atoms with Gasteiger partial charge in [-0.15, -0.1) is 0 Å². The molecular weight excluding hydrogens is 490 g/mol. The Balaban J connectivity index is 1.13. The fourth-order valence-corrected chi connectivity index (χ4v) is 7.27. The Morgan fingerprint density at radius 3 is 2.59 bits per heavy atom. The first-order valence-electron chi connectivity index (χ1n) is 12.6. The van der Waals surface area contributed by atoms with Gasteiger partial charge in [0.25, 0.3) is 15.9 Å². The van der Waals surface area contributed by atoms with Gasteiger partial charge in [-0.25, -0.2) is 8.42 Å². The molecule has 1 amide bonds. The molecular formula is C28H30N3O5S+. The van der Waals surface area contributed by atoms with Crippen LogP contribution in [0.4, 0.5) is 5.69 Å². The zero-order valence-electron chi connectivity index (χ0n) is 20.7. The van der Waals surface area contributed by atoms with E-state index < -0.39 is 10.0 Å². The van der Waals surface area contributed by atoms with E-state index in [4.69, 9.17) is 9.47 Å². The number of amides is 1. The molecule has 3 heterocycles. The van der Waals surface area contributed by atoms with E-state index in [9.17, 15) is 13.2 Å². The Labute approximate surface area is 217 Å². The molecule has 0 saturated carbocycles. The number of quaternary nitrogens is 1. The van der Waals surface area contributed by atoms with Crippen LogP contribution in [-0.4, -0.2) is 58.2 Å². The quantitative estimate of drug-likeness (QED) is 0.558. The fraction of sp³-hybridized carbons (Fsp3) is 0.321. The largest absolute Gasteiger partial charge is 0.454 e. The van der Waals surface area contributed by atoms with Crippen molar-refractivity contribution in [3.63, 3.8) is 0 Å². The van der Waals surface area contributed by atoms with E-state index in [1.54, 1.807) is 18.2 Å². The van der Waals surface area contributed by atoms with Crippen LogP contribution in [0.3, 0.4) is 0 Å². The summed E-state index contributed by atoms with van der Waals surface area (Å²) >= 11 is 0. The number of ether oxygens (including phenoxy) is 2. The van der Waals surface area contributed by atoms with Gasteiger partial charge in [-0.2, -0.15) is 0 Å². The average molecular weight is 521 g/mol. The van der Waals surface area contributed by atoms with Gasteiger partial charge >= 0.3 is 0 Å². The smallest absolute Gasteiger partial charge is 0.264 e. The molecule has 3 aliphatic rings. The van der Waals surface area contributed by atoms with E-state index in [2.05, 4.69) is 6.07 Å². The molecule has 1 fully saturated rings. The number of sulfonamides is 1. The van der Waals surface area contributed by atoms with E-state index in [1.807, 2.05) is 48.2 Å². The molecule has 6 rings (SSSR count). The normalized spacial score (nSPS) is 19.2. The van der Waals surface area contributed by atoms with Crippen molar-refractivity contribution in [2.24, 2.45) is 0 Å². The first-order valence-corrected chi connectivity index (χ1v) is 14.1. The lowest BCUT2D eigenvalue weighted by Gasteiger charge is -2.32. The second-order valence-corrected chi connectivity index (χ2v) is 11.7. The van der Waals surface area contributed by atoms with Crippen molar-refractivity contribution < 1.29 is 27.6 Å². The van der Waals surface area contributed by atoms with Crippen molar-refractivity contribution >= 4 is 21.6 Å². The Morgan fingerprint density at radius 1 is 0.973 bits per heavy atom. The van der Waals surface area contributed by atoms with Gasteiger partial charge in [-0.1, -0.05) is 24.3 Å². The molecule has 1 saturated heterocycles. The molecule has 1 N–H and O–H groups in total. The number of hydrogen-bond acceptors (Lipinski definition) is 5. The summed E-state index contributed by atoms with van der Waals surface area (Å²) in [4.78, 5) is 16.7. The topological polar surface area (TPSA) is 80.6 Å². The molecule has 3 aromatic rings. The number of benzene rings is 3.